The van der Waals surface area contributed by atoms with Gasteiger partial charge in [-0.3, -0.25) is 14.1 Å². The van der Waals surface area contributed by atoms with Gasteiger partial charge < -0.3 is 15.4 Å². The van der Waals surface area contributed by atoms with Crippen molar-refractivity contribution in [3.8, 4) is 0 Å². The molecular formula is C17H20FN5O3S. The molecule has 2 bridgehead atoms. The highest BCUT2D eigenvalue weighted by Crippen LogP contribution is 2.40. The molecular weight excluding hydrogens is 373 g/mol. The minimum absolute atomic E-state index is 0.106. The number of hydrogen-bond acceptors (Lipinski definition) is 5. The third kappa shape index (κ3) is 3.29. The van der Waals surface area contributed by atoms with Crippen molar-refractivity contribution in [2.45, 2.75) is 30.4 Å². The number of ether oxygens (including phenoxy) is 1. The van der Waals surface area contributed by atoms with Crippen molar-refractivity contribution in [3.63, 3.8) is 0 Å². The molecule has 0 saturated carbocycles. The van der Waals surface area contributed by atoms with Crippen LogP contribution in [0.4, 0.5) is 20.6 Å². The summed E-state index contributed by atoms with van der Waals surface area (Å²) in [5.41, 5.74) is 5.99. The van der Waals surface area contributed by atoms with Crippen molar-refractivity contribution in [3.05, 3.63) is 24.0 Å². The molecule has 3 saturated heterocycles. The number of halogens is 1. The summed E-state index contributed by atoms with van der Waals surface area (Å²) in [5.74, 6) is 0.176. The van der Waals surface area contributed by atoms with Gasteiger partial charge in [0.05, 0.1) is 30.8 Å². The van der Waals surface area contributed by atoms with E-state index in [1.807, 2.05) is 4.90 Å². The lowest BCUT2D eigenvalue weighted by atomic mass is 10.2. The van der Waals surface area contributed by atoms with Crippen LogP contribution in [0.5, 0.6) is 0 Å². The van der Waals surface area contributed by atoms with Crippen LogP contribution in [0.3, 0.4) is 0 Å². The summed E-state index contributed by atoms with van der Waals surface area (Å²) in [6, 6.07) is 4.82. The minimum atomic E-state index is -0.929. The number of rotatable bonds is 5. The summed E-state index contributed by atoms with van der Waals surface area (Å²) in [5, 5.41) is -0.106. The van der Waals surface area contributed by atoms with E-state index < -0.39 is 28.8 Å². The smallest absolute Gasteiger partial charge is 0.414 e. The molecule has 0 aliphatic carbocycles. The molecule has 0 spiro atoms. The van der Waals surface area contributed by atoms with Gasteiger partial charge in [-0.1, -0.05) is 0 Å². The molecule has 144 valence electrons. The molecule has 3 heterocycles. The van der Waals surface area contributed by atoms with E-state index in [1.54, 1.807) is 12.1 Å². The Bertz CT molecular complexity index is 833. The lowest BCUT2D eigenvalue weighted by Crippen LogP contribution is -2.30. The number of aliphatic imine (C=N–C) groups is 2. The van der Waals surface area contributed by atoms with Gasteiger partial charge in [-0.25, -0.2) is 14.2 Å². The molecule has 27 heavy (non-hydrogen) atoms. The molecule has 1 amide bonds. The molecule has 3 unspecified atom stereocenters. The first-order valence-corrected chi connectivity index (χ1v) is 10.1. The van der Waals surface area contributed by atoms with Crippen LogP contribution in [0.15, 0.2) is 28.2 Å². The van der Waals surface area contributed by atoms with Crippen LogP contribution in [0.1, 0.15) is 12.8 Å². The first-order valence-electron chi connectivity index (χ1n) is 8.73. The number of amides is 1. The molecule has 1 aromatic carbocycles. The van der Waals surface area contributed by atoms with E-state index in [-0.39, 0.29) is 24.5 Å². The first kappa shape index (κ1) is 17.9. The predicted molar refractivity (Wildman–Crippen MR) is 102 cm³/mol. The predicted octanol–water partition coefficient (Wildman–Crippen LogP) is 1.22. The highest BCUT2D eigenvalue weighted by Gasteiger charge is 2.45. The summed E-state index contributed by atoms with van der Waals surface area (Å²) in [7, 11) is -0.929. The molecule has 8 nitrogen and oxygen atoms in total. The quantitative estimate of drug-likeness (QED) is 0.599. The van der Waals surface area contributed by atoms with Crippen molar-refractivity contribution in [1.29, 1.82) is 0 Å². The molecule has 3 aliphatic heterocycles. The van der Waals surface area contributed by atoms with Gasteiger partial charge in [0.25, 0.3) is 0 Å². The number of carbonyl (C=O) groups excluding carboxylic acids is 1. The van der Waals surface area contributed by atoms with Crippen molar-refractivity contribution < 1.29 is 18.1 Å². The number of fused-ring (bicyclic) bond motifs is 2. The Kier molecular flexibility index (Phi) is 4.81. The summed E-state index contributed by atoms with van der Waals surface area (Å²) in [4.78, 5) is 23.1. The molecule has 3 aliphatic rings. The molecule has 10 heteroatoms. The van der Waals surface area contributed by atoms with Crippen LogP contribution in [0.25, 0.3) is 0 Å². The number of hydrogen-bond donors (Lipinski definition) is 1. The van der Waals surface area contributed by atoms with Crippen LogP contribution >= 0.6 is 0 Å². The Balaban J connectivity index is 1.48. The molecule has 4 rings (SSSR count). The molecule has 3 fully saturated rings. The SMILES string of the molecule is NC=NC=NC[C@H]1CN(c2ccc(N3C4CCC3S(=O)C4)c(F)c2)C(=O)O1. The summed E-state index contributed by atoms with van der Waals surface area (Å²) in [6.45, 7) is 0.531. The topological polar surface area (TPSA) is 101 Å². The van der Waals surface area contributed by atoms with Crippen LogP contribution < -0.4 is 15.5 Å². The van der Waals surface area contributed by atoms with E-state index in [0.29, 0.717) is 17.1 Å². The fraction of sp³-hybridized carbons (Fsp3) is 0.471. The highest BCUT2D eigenvalue weighted by atomic mass is 32.2. The van der Waals surface area contributed by atoms with Gasteiger partial charge in [-0.2, -0.15) is 0 Å². The van der Waals surface area contributed by atoms with E-state index in [2.05, 4.69) is 9.98 Å². The van der Waals surface area contributed by atoms with Crippen LogP contribution in [-0.4, -0.2) is 59.3 Å². The Morgan fingerprint density at radius 1 is 1.41 bits per heavy atom. The van der Waals surface area contributed by atoms with Crippen molar-refractivity contribution in [2.24, 2.45) is 15.7 Å². The van der Waals surface area contributed by atoms with E-state index in [9.17, 15) is 13.4 Å². The molecule has 2 N–H and O–H groups in total. The minimum Gasteiger partial charge on any atom is -0.442 e. The monoisotopic (exact) mass is 393 g/mol. The van der Waals surface area contributed by atoms with Crippen molar-refractivity contribution >= 4 is 40.9 Å². The highest BCUT2D eigenvalue weighted by molar-refractivity contribution is 7.86. The number of nitrogens with zero attached hydrogens (tertiary/aromatic N) is 4. The third-order valence-corrected chi connectivity index (χ3v) is 6.83. The number of cyclic esters (lactones) is 1. The normalized spacial score (nSPS) is 30.2. The van der Waals surface area contributed by atoms with Gasteiger partial charge in [0.2, 0.25) is 0 Å². The zero-order chi connectivity index (χ0) is 19.0. The Morgan fingerprint density at radius 3 is 2.93 bits per heavy atom. The van der Waals surface area contributed by atoms with Gasteiger partial charge in [0.15, 0.2) is 0 Å². The average Bonchev–Trinajstić information content (AvgIpc) is 3.31. The molecule has 0 aromatic heterocycles. The Labute approximate surface area is 158 Å². The van der Waals surface area contributed by atoms with E-state index in [4.69, 9.17) is 10.5 Å². The average molecular weight is 393 g/mol. The summed E-state index contributed by atoms with van der Waals surface area (Å²) in [6.07, 6.45) is 3.20. The molecule has 0 radical (unpaired) electrons. The summed E-state index contributed by atoms with van der Waals surface area (Å²) >= 11 is 0. The Morgan fingerprint density at radius 2 is 2.26 bits per heavy atom. The lowest BCUT2D eigenvalue weighted by molar-refractivity contribution is 0.145. The maximum absolute atomic E-state index is 14.8. The van der Waals surface area contributed by atoms with Gasteiger partial charge in [-0.15, -0.1) is 0 Å². The standard InChI is InChI=1S/C17H20FN5O3S/c18-14-5-11(22-7-13(26-17(22)24)6-20-10-21-9-19)1-3-15(14)23-12-2-4-16(23)27(25)8-12/h1,3,5,9-10,12-13,16H,2,4,6-8H2,(H2,19,20,21)/t12?,13-,16?,27?/m0/s1. The molecule has 4 atom stereocenters. The third-order valence-electron chi connectivity index (χ3n) is 5.05. The number of anilines is 2. The molecule has 1 aromatic rings. The fourth-order valence-corrected chi connectivity index (χ4v) is 5.74. The van der Waals surface area contributed by atoms with Crippen LogP contribution in [0.2, 0.25) is 0 Å². The van der Waals surface area contributed by atoms with E-state index >= 15 is 0 Å². The number of carbonyl (C=O) groups is 1. The first-order chi connectivity index (χ1) is 13.1. The van der Waals surface area contributed by atoms with Gasteiger partial charge in [0.1, 0.15) is 23.6 Å². The second-order valence-corrected chi connectivity index (χ2v) is 8.31. The number of nitrogens with two attached hydrogens (primary N) is 1. The van der Waals surface area contributed by atoms with Crippen LogP contribution in [0, 0.1) is 5.82 Å². The van der Waals surface area contributed by atoms with E-state index in [1.165, 1.54) is 17.3 Å². The zero-order valence-electron chi connectivity index (χ0n) is 14.5. The maximum atomic E-state index is 14.8. The fourth-order valence-electron chi connectivity index (χ4n) is 3.87. The second-order valence-electron chi connectivity index (χ2n) is 6.67. The maximum Gasteiger partial charge on any atom is 0.414 e. The van der Waals surface area contributed by atoms with Crippen molar-refractivity contribution in [1.82, 2.24) is 0 Å². The van der Waals surface area contributed by atoms with E-state index in [0.717, 1.165) is 19.2 Å². The van der Waals surface area contributed by atoms with Crippen molar-refractivity contribution in [2.75, 3.05) is 28.6 Å². The zero-order valence-corrected chi connectivity index (χ0v) is 15.3. The second kappa shape index (κ2) is 7.26. The largest absolute Gasteiger partial charge is 0.442 e. The van der Waals surface area contributed by atoms with Gasteiger partial charge in [0, 0.05) is 22.6 Å². The summed E-state index contributed by atoms with van der Waals surface area (Å²) < 4.78 is 32.1. The van der Waals surface area contributed by atoms with Gasteiger partial charge >= 0.3 is 6.09 Å². The lowest BCUT2D eigenvalue weighted by Gasteiger charge is -2.24. The van der Waals surface area contributed by atoms with Crippen LogP contribution in [-0.2, 0) is 15.5 Å². The number of benzene rings is 1. The van der Waals surface area contributed by atoms with Gasteiger partial charge in [-0.05, 0) is 31.0 Å². The Hall–Kier alpha value is -2.49.